The van der Waals surface area contributed by atoms with Crippen LogP contribution >= 0.6 is 0 Å². The fourth-order valence-corrected chi connectivity index (χ4v) is 3.38. The molecule has 2 aliphatic rings. The molecule has 2 heterocycles. The van der Waals surface area contributed by atoms with Crippen LogP contribution in [-0.2, 0) is 11.4 Å². The number of hydrogen-bond donors (Lipinski definition) is 1. The van der Waals surface area contributed by atoms with Gasteiger partial charge in [0.15, 0.2) is 6.61 Å². The van der Waals surface area contributed by atoms with Crippen LogP contribution in [-0.4, -0.2) is 46.0 Å². The zero-order valence-electron chi connectivity index (χ0n) is 15.9. The molecule has 0 atom stereocenters. The van der Waals surface area contributed by atoms with Gasteiger partial charge in [0.05, 0.1) is 0 Å². The summed E-state index contributed by atoms with van der Waals surface area (Å²) < 4.78 is 10.6. The average molecular weight is 384 g/mol. The summed E-state index contributed by atoms with van der Waals surface area (Å²) in [5.74, 6) is 1.92. The summed E-state index contributed by atoms with van der Waals surface area (Å²) >= 11 is 0. The first kappa shape index (κ1) is 18.5. The minimum absolute atomic E-state index is 0.0858. The summed E-state index contributed by atoms with van der Waals surface area (Å²) in [6, 6.07) is 7.11. The lowest BCUT2D eigenvalue weighted by molar-refractivity contribution is -0.133. The fraction of sp³-hybridized carbons (Fsp3) is 0.500. The molecule has 8 heteroatoms. The first-order valence-electron chi connectivity index (χ1n) is 9.70. The smallest absolute Gasteiger partial charge is 0.251 e. The largest absolute Gasteiger partial charge is 0.485 e. The van der Waals surface area contributed by atoms with E-state index in [0.717, 1.165) is 25.7 Å². The molecule has 1 saturated heterocycles. The maximum Gasteiger partial charge on any atom is 0.251 e. The molecule has 2 amide bonds. The van der Waals surface area contributed by atoms with Crippen LogP contribution in [0.2, 0.25) is 0 Å². The van der Waals surface area contributed by atoms with Crippen molar-refractivity contribution in [2.24, 2.45) is 5.92 Å². The van der Waals surface area contributed by atoms with Gasteiger partial charge < -0.3 is 19.5 Å². The molecule has 28 heavy (non-hydrogen) atoms. The number of piperidine rings is 1. The summed E-state index contributed by atoms with van der Waals surface area (Å²) in [6.45, 7) is 3.32. The summed E-state index contributed by atoms with van der Waals surface area (Å²) in [6.07, 6.45) is 3.63. The molecular weight excluding hydrogens is 360 g/mol. The minimum atomic E-state index is -0.132. The van der Waals surface area contributed by atoms with Gasteiger partial charge in [-0.3, -0.25) is 9.59 Å². The molecule has 1 aromatic heterocycles. The van der Waals surface area contributed by atoms with Crippen molar-refractivity contribution in [1.82, 2.24) is 20.4 Å². The van der Waals surface area contributed by atoms with Crippen molar-refractivity contribution < 1.29 is 18.8 Å². The van der Waals surface area contributed by atoms with Gasteiger partial charge in [-0.1, -0.05) is 11.2 Å². The molecule has 0 spiro atoms. The average Bonchev–Trinajstić information content (AvgIpc) is 3.48. The summed E-state index contributed by atoms with van der Waals surface area (Å²) in [5, 5.41) is 6.85. The molecule has 1 aliphatic heterocycles. The Kier molecular flexibility index (Phi) is 5.27. The van der Waals surface area contributed by atoms with Crippen LogP contribution in [0.5, 0.6) is 5.75 Å². The lowest BCUT2D eigenvalue weighted by Crippen LogP contribution is -2.47. The first-order valence-corrected chi connectivity index (χ1v) is 9.70. The van der Waals surface area contributed by atoms with Crippen LogP contribution < -0.4 is 10.1 Å². The molecule has 2 fully saturated rings. The van der Waals surface area contributed by atoms with Crippen LogP contribution in [0.4, 0.5) is 0 Å². The van der Waals surface area contributed by atoms with E-state index in [4.69, 9.17) is 9.26 Å². The predicted octanol–water partition coefficient (Wildman–Crippen LogP) is 2.09. The summed E-state index contributed by atoms with van der Waals surface area (Å²) in [7, 11) is 0. The Hall–Kier alpha value is -2.90. The Morgan fingerprint density at radius 3 is 2.71 bits per heavy atom. The van der Waals surface area contributed by atoms with E-state index in [1.807, 2.05) is 4.90 Å². The van der Waals surface area contributed by atoms with E-state index >= 15 is 0 Å². The molecule has 0 radical (unpaired) electrons. The van der Waals surface area contributed by atoms with Gasteiger partial charge in [0.2, 0.25) is 17.6 Å². The van der Waals surface area contributed by atoms with Gasteiger partial charge in [-0.15, -0.1) is 0 Å². The second-order valence-corrected chi connectivity index (χ2v) is 7.39. The van der Waals surface area contributed by atoms with Crippen LogP contribution in [0.3, 0.4) is 0 Å². The van der Waals surface area contributed by atoms with E-state index in [9.17, 15) is 9.59 Å². The highest BCUT2D eigenvalue weighted by molar-refractivity contribution is 5.94. The Labute approximate surface area is 163 Å². The molecule has 0 bridgehead atoms. The third-order valence-corrected chi connectivity index (χ3v) is 5.10. The molecule has 1 saturated carbocycles. The zero-order chi connectivity index (χ0) is 19.5. The standard InChI is InChI=1S/C20H24N4O4/c1-13-21-18(23-28-13)12-27-17-4-2-3-15(11-17)19(25)22-16-7-9-24(10-8-16)20(26)14-5-6-14/h2-4,11,14,16H,5-10,12H2,1H3,(H,22,25). The van der Waals surface area contributed by atoms with Gasteiger partial charge in [-0.05, 0) is 43.9 Å². The normalized spacial score (nSPS) is 17.4. The van der Waals surface area contributed by atoms with Crippen molar-refractivity contribution in [2.45, 2.75) is 45.3 Å². The molecule has 1 aromatic carbocycles. The second kappa shape index (κ2) is 8.00. The Balaban J connectivity index is 1.28. The molecule has 148 valence electrons. The molecule has 0 unspecified atom stereocenters. The monoisotopic (exact) mass is 384 g/mol. The van der Waals surface area contributed by atoms with Crippen LogP contribution in [0.1, 0.15) is 47.8 Å². The third-order valence-electron chi connectivity index (χ3n) is 5.10. The van der Waals surface area contributed by atoms with Gasteiger partial charge >= 0.3 is 0 Å². The van der Waals surface area contributed by atoms with E-state index in [1.165, 1.54) is 0 Å². The van der Waals surface area contributed by atoms with Gasteiger partial charge in [-0.25, -0.2) is 0 Å². The second-order valence-electron chi connectivity index (χ2n) is 7.39. The summed E-state index contributed by atoms with van der Waals surface area (Å²) in [4.78, 5) is 30.7. The summed E-state index contributed by atoms with van der Waals surface area (Å²) in [5.41, 5.74) is 0.540. The lowest BCUT2D eigenvalue weighted by Gasteiger charge is -2.32. The van der Waals surface area contributed by atoms with E-state index < -0.39 is 0 Å². The Bertz CT molecular complexity index is 853. The van der Waals surface area contributed by atoms with Gasteiger partial charge in [0.1, 0.15) is 5.75 Å². The van der Waals surface area contributed by atoms with Crippen molar-refractivity contribution in [3.05, 3.63) is 41.5 Å². The topological polar surface area (TPSA) is 97.6 Å². The highest BCUT2D eigenvalue weighted by Crippen LogP contribution is 2.31. The van der Waals surface area contributed by atoms with Crippen LogP contribution in [0.15, 0.2) is 28.8 Å². The van der Waals surface area contributed by atoms with Crippen molar-refractivity contribution in [3.63, 3.8) is 0 Å². The third kappa shape index (κ3) is 4.49. The number of aromatic nitrogens is 2. The van der Waals surface area contributed by atoms with Crippen molar-refractivity contribution in [2.75, 3.05) is 13.1 Å². The SMILES string of the molecule is Cc1nc(COc2cccc(C(=O)NC3CCN(C(=O)C4CC4)CC3)c2)no1. The van der Waals surface area contributed by atoms with E-state index in [2.05, 4.69) is 15.5 Å². The molecule has 1 N–H and O–H groups in total. The van der Waals surface area contributed by atoms with E-state index in [-0.39, 0.29) is 30.4 Å². The molecule has 8 nitrogen and oxygen atoms in total. The van der Waals surface area contributed by atoms with Crippen molar-refractivity contribution in [3.8, 4) is 5.75 Å². The number of likely N-dealkylation sites (tertiary alicyclic amines) is 1. The number of benzene rings is 1. The number of rotatable bonds is 6. The Morgan fingerprint density at radius 2 is 2.04 bits per heavy atom. The highest BCUT2D eigenvalue weighted by atomic mass is 16.5. The van der Waals surface area contributed by atoms with Gasteiger partial charge in [0.25, 0.3) is 5.91 Å². The lowest BCUT2D eigenvalue weighted by atomic mass is 10.0. The molecule has 4 rings (SSSR count). The van der Waals surface area contributed by atoms with Crippen LogP contribution in [0, 0.1) is 12.8 Å². The highest BCUT2D eigenvalue weighted by Gasteiger charge is 2.35. The maximum atomic E-state index is 12.6. The minimum Gasteiger partial charge on any atom is -0.485 e. The number of nitrogens with one attached hydrogen (secondary N) is 1. The number of aryl methyl sites for hydroxylation is 1. The van der Waals surface area contributed by atoms with Gasteiger partial charge in [0, 0.05) is 37.5 Å². The number of hydrogen-bond acceptors (Lipinski definition) is 6. The zero-order valence-corrected chi connectivity index (χ0v) is 15.9. The number of carbonyl (C=O) groups is 2. The van der Waals surface area contributed by atoms with Crippen molar-refractivity contribution >= 4 is 11.8 Å². The number of amides is 2. The quantitative estimate of drug-likeness (QED) is 0.819. The van der Waals surface area contributed by atoms with Crippen molar-refractivity contribution in [1.29, 1.82) is 0 Å². The predicted molar refractivity (Wildman–Crippen MR) is 99.6 cm³/mol. The molecule has 1 aliphatic carbocycles. The first-order chi connectivity index (χ1) is 13.6. The Morgan fingerprint density at radius 1 is 1.25 bits per heavy atom. The fourth-order valence-electron chi connectivity index (χ4n) is 3.38. The molecule has 2 aromatic rings. The maximum absolute atomic E-state index is 12.6. The number of carbonyl (C=O) groups excluding carboxylic acids is 2. The molecular formula is C20H24N4O4. The van der Waals surface area contributed by atoms with Gasteiger partial charge in [-0.2, -0.15) is 4.98 Å². The number of ether oxygens (including phenoxy) is 1. The van der Waals surface area contributed by atoms with Crippen LogP contribution in [0.25, 0.3) is 0 Å². The van der Waals surface area contributed by atoms with E-state index in [1.54, 1.807) is 31.2 Å². The number of nitrogens with zero attached hydrogens (tertiary/aromatic N) is 3. The van der Waals surface area contributed by atoms with E-state index in [0.29, 0.717) is 36.1 Å².